The lowest BCUT2D eigenvalue weighted by atomic mass is 10.1. The molecule has 2 aromatic carbocycles. The molecule has 2 unspecified atom stereocenters. The SMILES string of the molecule is Clc1ccc2nc(C3(CNC4CC4c4ccccc4)CC3)oc2c1. The Morgan fingerprint density at radius 3 is 2.79 bits per heavy atom. The van der Waals surface area contributed by atoms with E-state index in [1.807, 2.05) is 18.2 Å². The van der Waals surface area contributed by atoms with Crippen LogP contribution in [0.15, 0.2) is 52.9 Å². The van der Waals surface area contributed by atoms with E-state index in [9.17, 15) is 0 Å². The fraction of sp³-hybridized carbons (Fsp3) is 0.350. The topological polar surface area (TPSA) is 38.1 Å². The van der Waals surface area contributed by atoms with Gasteiger partial charge < -0.3 is 9.73 Å². The van der Waals surface area contributed by atoms with Crippen molar-refractivity contribution in [3.8, 4) is 0 Å². The molecular weight excluding hydrogens is 320 g/mol. The third-order valence-electron chi connectivity index (χ3n) is 5.38. The normalized spacial score (nSPS) is 24.2. The molecule has 0 saturated heterocycles. The maximum atomic E-state index is 6.04. The second-order valence-corrected chi connectivity index (χ2v) is 7.59. The zero-order valence-corrected chi connectivity index (χ0v) is 14.1. The molecule has 24 heavy (non-hydrogen) atoms. The molecule has 3 nitrogen and oxygen atoms in total. The summed E-state index contributed by atoms with van der Waals surface area (Å²) in [6.07, 6.45) is 3.51. The Morgan fingerprint density at radius 2 is 2.00 bits per heavy atom. The van der Waals surface area contributed by atoms with Crippen molar-refractivity contribution in [1.82, 2.24) is 10.3 Å². The monoisotopic (exact) mass is 338 g/mol. The zero-order valence-electron chi connectivity index (χ0n) is 13.3. The summed E-state index contributed by atoms with van der Waals surface area (Å²) in [5.74, 6) is 1.52. The molecule has 0 radical (unpaired) electrons. The lowest BCUT2D eigenvalue weighted by Gasteiger charge is -2.12. The number of rotatable bonds is 5. The lowest BCUT2D eigenvalue weighted by Crippen LogP contribution is -2.29. The number of benzene rings is 2. The molecule has 5 rings (SSSR count). The van der Waals surface area contributed by atoms with Crippen molar-refractivity contribution in [2.24, 2.45) is 0 Å². The van der Waals surface area contributed by atoms with Crippen molar-refractivity contribution in [3.63, 3.8) is 0 Å². The van der Waals surface area contributed by atoms with Gasteiger partial charge in [-0.15, -0.1) is 0 Å². The van der Waals surface area contributed by atoms with Gasteiger partial charge in [-0.25, -0.2) is 4.98 Å². The predicted molar refractivity (Wildman–Crippen MR) is 95.5 cm³/mol. The quantitative estimate of drug-likeness (QED) is 0.735. The summed E-state index contributed by atoms with van der Waals surface area (Å²) in [6, 6.07) is 17.0. The van der Waals surface area contributed by atoms with E-state index in [4.69, 9.17) is 21.0 Å². The number of nitrogens with zero attached hydrogens (tertiary/aromatic N) is 1. The highest BCUT2D eigenvalue weighted by Crippen LogP contribution is 2.49. The van der Waals surface area contributed by atoms with E-state index in [0.717, 1.165) is 36.4 Å². The van der Waals surface area contributed by atoms with Gasteiger partial charge in [0, 0.05) is 29.6 Å². The molecule has 1 heterocycles. The average Bonchev–Trinajstić information content (AvgIpc) is 3.51. The van der Waals surface area contributed by atoms with Crippen LogP contribution in [-0.2, 0) is 5.41 Å². The molecule has 0 bridgehead atoms. The smallest absolute Gasteiger partial charge is 0.202 e. The number of fused-ring (bicyclic) bond motifs is 1. The maximum Gasteiger partial charge on any atom is 0.202 e. The minimum atomic E-state index is 0.0787. The Bertz CT molecular complexity index is 885. The van der Waals surface area contributed by atoms with Gasteiger partial charge in [0.2, 0.25) is 5.89 Å². The maximum absolute atomic E-state index is 6.04. The molecule has 2 fully saturated rings. The Morgan fingerprint density at radius 1 is 1.17 bits per heavy atom. The summed E-state index contributed by atoms with van der Waals surface area (Å²) >= 11 is 6.04. The van der Waals surface area contributed by atoms with Gasteiger partial charge in [0.15, 0.2) is 5.58 Å². The fourth-order valence-electron chi connectivity index (χ4n) is 3.56. The lowest BCUT2D eigenvalue weighted by molar-refractivity contribution is 0.434. The Hall–Kier alpha value is -1.84. The first kappa shape index (κ1) is 14.5. The third kappa shape index (κ3) is 2.52. The van der Waals surface area contributed by atoms with Crippen LogP contribution in [0.4, 0.5) is 0 Å². The number of aromatic nitrogens is 1. The third-order valence-corrected chi connectivity index (χ3v) is 5.61. The molecule has 0 spiro atoms. The number of hydrogen-bond acceptors (Lipinski definition) is 3. The molecule has 1 aromatic heterocycles. The standard InChI is InChI=1S/C20H19ClN2O/c21-14-6-7-16-18(10-14)24-19(23-16)20(8-9-20)12-22-17-11-15(17)13-4-2-1-3-5-13/h1-7,10,15,17,22H,8-9,11-12H2. The van der Waals surface area contributed by atoms with Crippen molar-refractivity contribution in [3.05, 3.63) is 65.0 Å². The molecule has 4 heteroatoms. The first-order valence-electron chi connectivity index (χ1n) is 8.58. The Labute approximate surface area is 146 Å². The highest BCUT2D eigenvalue weighted by atomic mass is 35.5. The number of halogens is 1. The van der Waals surface area contributed by atoms with Gasteiger partial charge in [-0.2, -0.15) is 0 Å². The van der Waals surface area contributed by atoms with Crippen LogP contribution in [0.2, 0.25) is 5.02 Å². The number of hydrogen-bond donors (Lipinski definition) is 1. The van der Waals surface area contributed by atoms with E-state index in [2.05, 4.69) is 35.6 Å². The van der Waals surface area contributed by atoms with Crippen LogP contribution in [0, 0.1) is 0 Å². The van der Waals surface area contributed by atoms with Gasteiger partial charge in [-0.3, -0.25) is 0 Å². The van der Waals surface area contributed by atoms with Crippen LogP contribution in [-0.4, -0.2) is 17.6 Å². The molecule has 2 aliphatic rings. The summed E-state index contributed by atoms with van der Waals surface area (Å²) in [5, 5.41) is 4.43. The number of nitrogens with one attached hydrogen (secondary N) is 1. The molecule has 3 aromatic rings. The fourth-order valence-corrected chi connectivity index (χ4v) is 3.72. The average molecular weight is 339 g/mol. The molecule has 2 atom stereocenters. The van der Waals surface area contributed by atoms with E-state index in [1.165, 1.54) is 12.0 Å². The van der Waals surface area contributed by atoms with Crippen LogP contribution in [0.1, 0.15) is 36.6 Å². The molecular formula is C20H19ClN2O. The van der Waals surface area contributed by atoms with Gasteiger partial charge in [0.25, 0.3) is 0 Å². The van der Waals surface area contributed by atoms with Crippen molar-refractivity contribution in [2.45, 2.75) is 36.6 Å². The first-order valence-corrected chi connectivity index (χ1v) is 8.96. The Balaban J connectivity index is 1.29. The highest BCUT2D eigenvalue weighted by Gasteiger charge is 2.50. The van der Waals surface area contributed by atoms with Crippen LogP contribution >= 0.6 is 11.6 Å². The molecule has 1 N–H and O–H groups in total. The van der Waals surface area contributed by atoms with Crippen molar-refractivity contribution in [1.29, 1.82) is 0 Å². The van der Waals surface area contributed by atoms with E-state index < -0.39 is 0 Å². The summed E-state index contributed by atoms with van der Waals surface area (Å²) in [4.78, 5) is 4.70. The second kappa shape index (κ2) is 5.33. The number of oxazole rings is 1. The molecule has 0 amide bonds. The summed E-state index contributed by atoms with van der Waals surface area (Å²) in [5.41, 5.74) is 3.21. The van der Waals surface area contributed by atoms with Gasteiger partial charge in [0.05, 0.1) is 5.41 Å². The van der Waals surface area contributed by atoms with Crippen LogP contribution < -0.4 is 5.32 Å². The summed E-state index contributed by atoms with van der Waals surface area (Å²) < 4.78 is 6.00. The predicted octanol–water partition coefficient (Wildman–Crippen LogP) is 4.66. The second-order valence-electron chi connectivity index (χ2n) is 7.15. The molecule has 2 aliphatic carbocycles. The minimum Gasteiger partial charge on any atom is -0.440 e. The van der Waals surface area contributed by atoms with E-state index in [0.29, 0.717) is 17.0 Å². The Kier molecular flexibility index (Phi) is 3.22. The van der Waals surface area contributed by atoms with Crippen LogP contribution in [0.5, 0.6) is 0 Å². The van der Waals surface area contributed by atoms with Crippen molar-refractivity contribution < 1.29 is 4.42 Å². The van der Waals surface area contributed by atoms with Gasteiger partial charge in [-0.1, -0.05) is 41.9 Å². The van der Waals surface area contributed by atoms with E-state index in [1.54, 1.807) is 0 Å². The van der Waals surface area contributed by atoms with Gasteiger partial charge >= 0.3 is 0 Å². The summed E-state index contributed by atoms with van der Waals surface area (Å²) in [7, 11) is 0. The molecule has 122 valence electrons. The molecule has 2 saturated carbocycles. The van der Waals surface area contributed by atoms with E-state index in [-0.39, 0.29) is 5.41 Å². The highest BCUT2D eigenvalue weighted by molar-refractivity contribution is 6.31. The van der Waals surface area contributed by atoms with Gasteiger partial charge in [-0.05, 0) is 37.0 Å². The first-order chi connectivity index (χ1) is 11.7. The van der Waals surface area contributed by atoms with Gasteiger partial charge in [0.1, 0.15) is 5.52 Å². The van der Waals surface area contributed by atoms with Crippen molar-refractivity contribution in [2.75, 3.05) is 6.54 Å². The van der Waals surface area contributed by atoms with Crippen LogP contribution in [0.25, 0.3) is 11.1 Å². The summed E-state index contributed by atoms with van der Waals surface area (Å²) in [6.45, 7) is 0.946. The largest absolute Gasteiger partial charge is 0.440 e. The van der Waals surface area contributed by atoms with E-state index >= 15 is 0 Å². The molecule has 0 aliphatic heterocycles. The van der Waals surface area contributed by atoms with Crippen LogP contribution in [0.3, 0.4) is 0 Å². The zero-order chi connectivity index (χ0) is 16.1. The minimum absolute atomic E-state index is 0.0787. The van der Waals surface area contributed by atoms with Crippen molar-refractivity contribution >= 4 is 22.7 Å².